The van der Waals surface area contributed by atoms with Crippen molar-refractivity contribution in [2.24, 2.45) is 0 Å². The standard InChI is InChI=1S/C10H14N2O2S/c1-6-5-9(12-8(3)11-6)15-7(2)10(13)14-4/h5,7H,1-4H3/t7-/m1/s1. The van der Waals surface area contributed by atoms with Crippen LogP contribution in [0.2, 0.25) is 0 Å². The summed E-state index contributed by atoms with van der Waals surface area (Å²) in [4.78, 5) is 19.6. The number of hydrogen-bond donors (Lipinski definition) is 0. The number of hydrogen-bond acceptors (Lipinski definition) is 5. The van der Waals surface area contributed by atoms with E-state index in [1.165, 1.54) is 18.9 Å². The van der Waals surface area contributed by atoms with E-state index in [1.807, 2.05) is 19.9 Å². The lowest BCUT2D eigenvalue weighted by atomic mass is 10.4. The first-order chi connectivity index (χ1) is 7.02. The molecular formula is C10H14N2O2S. The van der Waals surface area contributed by atoms with Crippen LogP contribution in [-0.4, -0.2) is 28.3 Å². The summed E-state index contributed by atoms with van der Waals surface area (Å²) < 4.78 is 4.64. The third-order valence-electron chi connectivity index (χ3n) is 1.77. The summed E-state index contributed by atoms with van der Waals surface area (Å²) in [7, 11) is 1.38. The molecule has 0 aliphatic carbocycles. The van der Waals surface area contributed by atoms with Crippen LogP contribution in [0, 0.1) is 13.8 Å². The van der Waals surface area contributed by atoms with Gasteiger partial charge < -0.3 is 4.74 Å². The van der Waals surface area contributed by atoms with Gasteiger partial charge in [-0.1, -0.05) is 11.8 Å². The molecule has 0 aliphatic heterocycles. The Hall–Kier alpha value is -1.10. The third-order valence-corrected chi connectivity index (χ3v) is 2.77. The van der Waals surface area contributed by atoms with Crippen LogP contribution in [0.15, 0.2) is 11.1 Å². The topological polar surface area (TPSA) is 52.1 Å². The molecule has 1 aromatic rings. The zero-order valence-electron chi connectivity index (χ0n) is 9.27. The quantitative estimate of drug-likeness (QED) is 0.446. The first kappa shape index (κ1) is 12.0. The molecule has 1 atom stereocenters. The second-order valence-corrected chi connectivity index (χ2v) is 4.54. The highest BCUT2D eigenvalue weighted by Crippen LogP contribution is 2.22. The zero-order chi connectivity index (χ0) is 11.4. The van der Waals surface area contributed by atoms with E-state index in [4.69, 9.17) is 0 Å². The number of methoxy groups -OCH3 is 1. The largest absolute Gasteiger partial charge is 0.468 e. The number of aryl methyl sites for hydroxylation is 2. The molecule has 0 spiro atoms. The Morgan fingerprint density at radius 2 is 2.13 bits per heavy atom. The molecule has 15 heavy (non-hydrogen) atoms. The van der Waals surface area contributed by atoms with Crippen LogP contribution in [-0.2, 0) is 9.53 Å². The van der Waals surface area contributed by atoms with Gasteiger partial charge in [0.2, 0.25) is 0 Å². The lowest BCUT2D eigenvalue weighted by molar-refractivity contribution is -0.139. The van der Waals surface area contributed by atoms with Crippen molar-refractivity contribution in [1.82, 2.24) is 9.97 Å². The van der Waals surface area contributed by atoms with Gasteiger partial charge in [0.25, 0.3) is 0 Å². The van der Waals surface area contributed by atoms with Crippen LogP contribution in [0.4, 0.5) is 0 Å². The SMILES string of the molecule is COC(=O)[C@@H](C)Sc1cc(C)nc(C)n1. The highest BCUT2D eigenvalue weighted by Gasteiger charge is 2.15. The molecule has 1 rings (SSSR count). The maximum Gasteiger partial charge on any atom is 0.318 e. The van der Waals surface area contributed by atoms with Gasteiger partial charge in [0, 0.05) is 5.69 Å². The molecular weight excluding hydrogens is 212 g/mol. The van der Waals surface area contributed by atoms with Gasteiger partial charge in [-0.15, -0.1) is 0 Å². The van der Waals surface area contributed by atoms with E-state index < -0.39 is 0 Å². The lowest BCUT2D eigenvalue weighted by Crippen LogP contribution is -2.14. The van der Waals surface area contributed by atoms with Crippen molar-refractivity contribution in [1.29, 1.82) is 0 Å². The van der Waals surface area contributed by atoms with E-state index in [9.17, 15) is 4.79 Å². The fourth-order valence-corrected chi connectivity index (χ4v) is 2.12. The highest BCUT2D eigenvalue weighted by atomic mass is 32.2. The molecule has 0 aromatic carbocycles. The van der Waals surface area contributed by atoms with Crippen LogP contribution >= 0.6 is 11.8 Å². The van der Waals surface area contributed by atoms with Gasteiger partial charge in [-0.3, -0.25) is 4.79 Å². The number of nitrogens with zero attached hydrogens (tertiary/aromatic N) is 2. The smallest absolute Gasteiger partial charge is 0.318 e. The molecule has 0 radical (unpaired) electrons. The summed E-state index contributed by atoms with van der Waals surface area (Å²) in [5, 5.41) is 0.557. The van der Waals surface area contributed by atoms with Gasteiger partial charge in [-0.05, 0) is 26.8 Å². The monoisotopic (exact) mass is 226 g/mol. The Bertz CT molecular complexity index is 348. The minimum atomic E-state index is -0.247. The first-order valence-corrected chi connectivity index (χ1v) is 5.47. The Morgan fingerprint density at radius 1 is 1.47 bits per heavy atom. The fraction of sp³-hybridized carbons (Fsp3) is 0.500. The molecule has 82 valence electrons. The fourth-order valence-electron chi connectivity index (χ4n) is 1.14. The normalized spacial score (nSPS) is 12.3. The van der Waals surface area contributed by atoms with Gasteiger partial charge in [0.05, 0.1) is 7.11 Å². The molecule has 0 N–H and O–H groups in total. The Labute approximate surface area is 93.5 Å². The van der Waals surface area contributed by atoms with Crippen molar-refractivity contribution in [2.45, 2.75) is 31.0 Å². The van der Waals surface area contributed by atoms with Crippen molar-refractivity contribution in [3.63, 3.8) is 0 Å². The number of carbonyl (C=O) groups is 1. The molecule has 0 amide bonds. The maximum absolute atomic E-state index is 11.2. The molecule has 4 nitrogen and oxygen atoms in total. The number of rotatable bonds is 3. The molecule has 5 heteroatoms. The molecule has 0 saturated heterocycles. The summed E-state index contributed by atoms with van der Waals surface area (Å²) >= 11 is 1.38. The van der Waals surface area contributed by atoms with E-state index >= 15 is 0 Å². The van der Waals surface area contributed by atoms with Crippen LogP contribution < -0.4 is 0 Å². The Morgan fingerprint density at radius 3 is 2.67 bits per heavy atom. The number of esters is 1. The summed E-state index contributed by atoms with van der Waals surface area (Å²) in [6.07, 6.45) is 0. The number of thioether (sulfide) groups is 1. The van der Waals surface area contributed by atoms with Crippen LogP contribution in [0.1, 0.15) is 18.4 Å². The van der Waals surface area contributed by atoms with Crippen LogP contribution in [0.3, 0.4) is 0 Å². The average molecular weight is 226 g/mol. The number of aromatic nitrogens is 2. The second kappa shape index (κ2) is 5.11. The van der Waals surface area contributed by atoms with Crippen molar-refractivity contribution in [2.75, 3.05) is 7.11 Å². The van der Waals surface area contributed by atoms with E-state index in [0.29, 0.717) is 0 Å². The second-order valence-electron chi connectivity index (χ2n) is 3.18. The molecule has 1 aromatic heterocycles. The zero-order valence-corrected chi connectivity index (χ0v) is 10.1. The number of ether oxygens (including phenoxy) is 1. The molecule has 0 bridgehead atoms. The minimum absolute atomic E-state index is 0.242. The lowest BCUT2D eigenvalue weighted by Gasteiger charge is -2.08. The molecule has 0 saturated carbocycles. The van der Waals surface area contributed by atoms with Gasteiger partial charge in [-0.25, -0.2) is 9.97 Å². The van der Waals surface area contributed by atoms with Gasteiger partial charge in [-0.2, -0.15) is 0 Å². The molecule has 0 aliphatic rings. The van der Waals surface area contributed by atoms with Gasteiger partial charge in [0.1, 0.15) is 16.1 Å². The Balaban J connectivity index is 2.76. The van der Waals surface area contributed by atoms with Crippen molar-refractivity contribution in [3.05, 3.63) is 17.6 Å². The minimum Gasteiger partial charge on any atom is -0.468 e. The summed E-state index contributed by atoms with van der Waals surface area (Å²) in [5.74, 6) is 0.475. The van der Waals surface area contributed by atoms with Crippen molar-refractivity contribution < 1.29 is 9.53 Å². The van der Waals surface area contributed by atoms with Crippen molar-refractivity contribution in [3.8, 4) is 0 Å². The van der Waals surface area contributed by atoms with Crippen LogP contribution in [0.5, 0.6) is 0 Å². The maximum atomic E-state index is 11.2. The van der Waals surface area contributed by atoms with Gasteiger partial charge >= 0.3 is 5.97 Å². The summed E-state index contributed by atoms with van der Waals surface area (Å²) in [5.41, 5.74) is 0.905. The third kappa shape index (κ3) is 3.51. The number of carbonyl (C=O) groups excluding carboxylic acids is 1. The van der Waals surface area contributed by atoms with E-state index in [-0.39, 0.29) is 11.2 Å². The molecule has 0 unspecified atom stereocenters. The predicted molar refractivity (Wildman–Crippen MR) is 58.8 cm³/mol. The van der Waals surface area contributed by atoms with E-state index in [0.717, 1.165) is 16.5 Å². The first-order valence-electron chi connectivity index (χ1n) is 4.59. The summed E-state index contributed by atoms with van der Waals surface area (Å²) in [6, 6.07) is 1.86. The van der Waals surface area contributed by atoms with Crippen LogP contribution in [0.25, 0.3) is 0 Å². The van der Waals surface area contributed by atoms with Crippen molar-refractivity contribution >= 4 is 17.7 Å². The van der Waals surface area contributed by atoms with E-state index in [2.05, 4.69) is 14.7 Å². The Kier molecular flexibility index (Phi) is 4.08. The summed E-state index contributed by atoms with van der Waals surface area (Å²) in [6.45, 7) is 5.53. The molecule has 0 fully saturated rings. The van der Waals surface area contributed by atoms with E-state index in [1.54, 1.807) is 6.92 Å². The highest BCUT2D eigenvalue weighted by molar-refractivity contribution is 8.00. The average Bonchev–Trinajstić information content (AvgIpc) is 2.14. The predicted octanol–water partition coefficient (Wildman–Crippen LogP) is 1.75. The molecule has 1 heterocycles. The van der Waals surface area contributed by atoms with Gasteiger partial charge in [0.15, 0.2) is 0 Å².